The number of sulfone groups is 1. The van der Waals surface area contributed by atoms with Gasteiger partial charge in [-0.15, -0.1) is 0 Å². The Morgan fingerprint density at radius 1 is 1.05 bits per heavy atom. The summed E-state index contributed by atoms with van der Waals surface area (Å²) in [5, 5.41) is -1.19. The molecule has 0 saturated heterocycles. The molecule has 19 heavy (non-hydrogen) atoms. The van der Waals surface area contributed by atoms with Crippen LogP contribution in [-0.2, 0) is 34.3 Å². The summed E-state index contributed by atoms with van der Waals surface area (Å²) >= 11 is 0. The molecule has 0 radical (unpaired) electrons. The second kappa shape index (κ2) is 6.97. The fourth-order valence-corrected chi connectivity index (χ4v) is 3.40. The van der Waals surface area contributed by atoms with E-state index in [1.54, 1.807) is 0 Å². The molecule has 0 bridgehead atoms. The monoisotopic (exact) mass is 338 g/mol. The Morgan fingerprint density at radius 2 is 1.58 bits per heavy atom. The van der Waals surface area contributed by atoms with E-state index in [4.69, 9.17) is 4.55 Å². The van der Waals surface area contributed by atoms with Crippen LogP contribution in [0.5, 0.6) is 0 Å². The lowest BCUT2D eigenvalue weighted by atomic mass is 10.4. The zero-order valence-electron chi connectivity index (χ0n) is 10.6. The molecule has 1 N–H and O–H groups in total. The number of hydrogen-bond donors (Lipinski definition) is 1. The molecule has 1 unspecified atom stereocenters. The Labute approximate surface area is 113 Å². The van der Waals surface area contributed by atoms with Crippen LogP contribution >= 0.6 is 0 Å². The van der Waals surface area contributed by atoms with Crippen molar-refractivity contribution in [2.24, 2.45) is 0 Å². The maximum atomic E-state index is 11.5. The van der Waals surface area contributed by atoms with Gasteiger partial charge in [0.25, 0.3) is 20.2 Å². The normalized spacial score (nSPS) is 15.3. The maximum Gasteiger partial charge on any atom is 0.267 e. The van der Waals surface area contributed by atoms with E-state index in [1.807, 2.05) is 0 Å². The molecule has 8 nitrogen and oxygen atoms in total. The lowest BCUT2D eigenvalue weighted by Gasteiger charge is -2.08. The Kier molecular flexibility index (Phi) is 6.89. The van der Waals surface area contributed by atoms with Gasteiger partial charge in [-0.05, 0) is 20.3 Å². The molecular formula is C8H18O8S3. The van der Waals surface area contributed by atoms with Crippen LogP contribution in [0.2, 0.25) is 0 Å². The zero-order chi connectivity index (χ0) is 15.3. The summed E-state index contributed by atoms with van der Waals surface area (Å²) in [6, 6.07) is 0. The van der Waals surface area contributed by atoms with E-state index in [0.717, 1.165) is 0 Å². The van der Waals surface area contributed by atoms with Gasteiger partial charge in [0.15, 0.2) is 9.84 Å². The fourth-order valence-electron chi connectivity index (χ4n) is 0.968. The second-order valence-corrected chi connectivity index (χ2v) is 10.0. The first-order valence-electron chi connectivity index (χ1n) is 5.43. The average molecular weight is 338 g/mol. The van der Waals surface area contributed by atoms with E-state index in [0.29, 0.717) is 0 Å². The van der Waals surface area contributed by atoms with Crippen LogP contribution in [0, 0.1) is 0 Å². The molecule has 116 valence electrons. The van der Waals surface area contributed by atoms with Crippen molar-refractivity contribution in [2.45, 2.75) is 25.5 Å². The first-order valence-corrected chi connectivity index (χ1v) is 10.3. The van der Waals surface area contributed by atoms with Crippen LogP contribution < -0.4 is 0 Å². The third-order valence-electron chi connectivity index (χ3n) is 2.35. The van der Waals surface area contributed by atoms with Crippen LogP contribution in [-0.4, -0.2) is 58.9 Å². The van der Waals surface area contributed by atoms with Gasteiger partial charge in [0.1, 0.15) is 0 Å². The van der Waals surface area contributed by atoms with Crippen molar-refractivity contribution in [1.29, 1.82) is 0 Å². The summed E-state index contributed by atoms with van der Waals surface area (Å²) in [7, 11) is -11.6. The summed E-state index contributed by atoms with van der Waals surface area (Å²) in [4.78, 5) is 0. The molecule has 0 aliphatic rings. The van der Waals surface area contributed by atoms with Gasteiger partial charge in [0, 0.05) is 0 Å². The molecule has 0 rings (SSSR count). The van der Waals surface area contributed by atoms with Crippen LogP contribution in [0.3, 0.4) is 0 Å². The van der Waals surface area contributed by atoms with Gasteiger partial charge in [0.05, 0.1) is 29.1 Å². The second-order valence-electron chi connectivity index (χ2n) is 3.93. The van der Waals surface area contributed by atoms with Crippen LogP contribution in [0.1, 0.15) is 20.3 Å². The van der Waals surface area contributed by atoms with Crippen LogP contribution in [0.4, 0.5) is 0 Å². The number of hydrogen-bond acceptors (Lipinski definition) is 7. The average Bonchev–Trinajstić information content (AvgIpc) is 2.24. The van der Waals surface area contributed by atoms with Crippen molar-refractivity contribution in [2.75, 3.05) is 23.9 Å². The van der Waals surface area contributed by atoms with Crippen molar-refractivity contribution in [1.82, 2.24) is 0 Å². The van der Waals surface area contributed by atoms with Gasteiger partial charge in [-0.2, -0.15) is 16.8 Å². The lowest BCUT2D eigenvalue weighted by Crippen LogP contribution is -2.24. The molecule has 0 amide bonds. The summed E-state index contributed by atoms with van der Waals surface area (Å²) in [6.07, 6.45) is -0.262. The minimum Gasteiger partial charge on any atom is -0.285 e. The van der Waals surface area contributed by atoms with Gasteiger partial charge in [-0.25, -0.2) is 8.42 Å². The predicted octanol–water partition coefficient (Wildman–Crippen LogP) is -0.566. The molecular weight excluding hydrogens is 320 g/mol. The van der Waals surface area contributed by atoms with Crippen molar-refractivity contribution in [3.8, 4) is 0 Å². The van der Waals surface area contributed by atoms with E-state index in [1.165, 1.54) is 13.8 Å². The van der Waals surface area contributed by atoms with E-state index in [-0.39, 0.29) is 12.2 Å². The van der Waals surface area contributed by atoms with Gasteiger partial charge in [-0.1, -0.05) is 0 Å². The van der Waals surface area contributed by atoms with E-state index >= 15 is 0 Å². The van der Waals surface area contributed by atoms with Crippen LogP contribution in [0.15, 0.2) is 0 Å². The molecule has 11 heteroatoms. The quantitative estimate of drug-likeness (QED) is 0.437. The minimum absolute atomic E-state index is 0.257. The molecule has 0 aliphatic heterocycles. The summed E-state index contributed by atoms with van der Waals surface area (Å²) < 4.78 is 79.3. The highest BCUT2D eigenvalue weighted by Crippen LogP contribution is 2.06. The Balaban J connectivity index is 4.29. The molecule has 0 aromatic carbocycles. The van der Waals surface area contributed by atoms with Gasteiger partial charge in [0.2, 0.25) is 0 Å². The highest BCUT2D eigenvalue weighted by molar-refractivity contribution is 7.91. The first-order chi connectivity index (χ1) is 8.40. The maximum absolute atomic E-state index is 11.5. The highest BCUT2D eigenvalue weighted by Gasteiger charge is 2.21. The first kappa shape index (κ1) is 18.8. The summed E-state index contributed by atoms with van der Waals surface area (Å²) in [5.41, 5.74) is 0. The number of rotatable bonds is 9. The van der Waals surface area contributed by atoms with Crippen LogP contribution in [0.25, 0.3) is 0 Å². The zero-order valence-corrected chi connectivity index (χ0v) is 13.1. The van der Waals surface area contributed by atoms with E-state index < -0.39 is 53.4 Å². The molecule has 0 heterocycles. The predicted molar refractivity (Wildman–Crippen MR) is 69.7 cm³/mol. The largest absolute Gasteiger partial charge is 0.285 e. The third-order valence-corrected chi connectivity index (χ3v) is 6.49. The van der Waals surface area contributed by atoms with E-state index in [9.17, 15) is 25.3 Å². The Morgan fingerprint density at radius 3 is 2.00 bits per heavy atom. The molecule has 0 spiro atoms. The Hall–Kier alpha value is -0.230. The summed E-state index contributed by atoms with van der Waals surface area (Å²) in [6.45, 7) is 2.04. The van der Waals surface area contributed by atoms with Gasteiger partial charge < -0.3 is 0 Å². The topological polar surface area (TPSA) is 132 Å². The summed E-state index contributed by atoms with van der Waals surface area (Å²) in [5.74, 6) is -1.25. The fraction of sp³-hybridized carbons (Fsp3) is 1.00. The highest BCUT2D eigenvalue weighted by atomic mass is 32.2. The molecule has 1 atom stereocenters. The molecule has 0 saturated carbocycles. The van der Waals surface area contributed by atoms with Crippen molar-refractivity contribution >= 4 is 30.1 Å². The van der Waals surface area contributed by atoms with E-state index in [2.05, 4.69) is 4.18 Å². The minimum atomic E-state index is -4.26. The molecule has 0 aliphatic carbocycles. The van der Waals surface area contributed by atoms with Gasteiger partial charge in [-0.3, -0.25) is 8.74 Å². The molecule has 0 fully saturated rings. The standard InChI is InChI=1S/C8H18O8S3/c1-3-18(11,12)16-5-7-17(9,10)6-4-8(2)19(13,14)15/h8H,3-7H2,1-2H3,(H,13,14,15). The molecule has 0 aromatic rings. The SMILES string of the molecule is CCS(=O)(=O)OCCS(=O)(=O)CCC(C)S(=O)(=O)O. The third kappa shape index (κ3) is 8.52. The van der Waals surface area contributed by atoms with Crippen molar-refractivity contribution < 1.29 is 34.0 Å². The van der Waals surface area contributed by atoms with Crippen molar-refractivity contribution in [3.05, 3.63) is 0 Å². The smallest absolute Gasteiger partial charge is 0.267 e. The van der Waals surface area contributed by atoms with Crippen molar-refractivity contribution in [3.63, 3.8) is 0 Å². The van der Waals surface area contributed by atoms with Gasteiger partial charge >= 0.3 is 0 Å². The lowest BCUT2D eigenvalue weighted by molar-refractivity contribution is 0.339. The molecule has 0 aromatic heterocycles. The Bertz CT molecular complexity index is 571.